The van der Waals surface area contributed by atoms with Crippen LogP contribution in [0.1, 0.15) is 5.56 Å². The van der Waals surface area contributed by atoms with Gasteiger partial charge in [0, 0.05) is 11.8 Å². The van der Waals surface area contributed by atoms with Crippen LogP contribution < -0.4 is 5.73 Å². The molecule has 10 heavy (non-hydrogen) atoms. The molecular weight excluding hydrogens is 150 g/mol. The topological polar surface area (TPSA) is 72.0 Å². The molecule has 0 bridgehead atoms. The first-order valence-electron chi connectivity index (χ1n) is 2.65. The zero-order valence-corrected chi connectivity index (χ0v) is 6.05. The Bertz CT molecular complexity index is 240. The molecule has 0 radical (unpaired) electrons. The summed E-state index contributed by atoms with van der Waals surface area (Å²) < 4.78 is 0. The molecule has 0 saturated carbocycles. The number of aromatic nitrogens is 2. The van der Waals surface area contributed by atoms with E-state index >= 15 is 0 Å². The van der Waals surface area contributed by atoms with Gasteiger partial charge in [-0.2, -0.15) is 0 Å². The second kappa shape index (κ2) is 2.85. The third-order valence-electron chi connectivity index (χ3n) is 1.06. The zero-order chi connectivity index (χ0) is 7.56. The maximum absolute atomic E-state index is 8.62. The fourth-order valence-corrected chi connectivity index (χ4v) is 0.697. The molecule has 0 aromatic carbocycles. The highest BCUT2D eigenvalue weighted by Crippen LogP contribution is 2.07. The Morgan fingerprint density at radius 1 is 1.70 bits per heavy atom. The number of hydrogen-bond acceptors (Lipinski definition) is 5. The molecule has 1 heterocycles. The highest BCUT2D eigenvalue weighted by Gasteiger charge is 1.98. The Morgan fingerprint density at radius 2 is 2.40 bits per heavy atom. The maximum Gasteiger partial charge on any atom is 0.186 e. The molecular formula is C5H7N3OS. The molecule has 0 aliphatic carbocycles. The smallest absolute Gasteiger partial charge is 0.186 e. The summed E-state index contributed by atoms with van der Waals surface area (Å²) in [5.41, 5.74) is 5.90. The van der Waals surface area contributed by atoms with E-state index in [9.17, 15) is 0 Å². The van der Waals surface area contributed by atoms with Crippen LogP contribution in [0.25, 0.3) is 0 Å². The van der Waals surface area contributed by atoms with E-state index in [0.29, 0.717) is 10.7 Å². The Morgan fingerprint density at radius 3 is 2.90 bits per heavy atom. The minimum Gasteiger partial charge on any atom is -0.391 e. The number of thiol groups is 1. The van der Waals surface area contributed by atoms with E-state index in [2.05, 4.69) is 22.6 Å². The molecule has 0 saturated heterocycles. The average Bonchev–Trinajstić information content (AvgIpc) is 1.88. The summed E-state index contributed by atoms with van der Waals surface area (Å²) in [5.74, 6) is 0.280. The number of anilines is 1. The summed E-state index contributed by atoms with van der Waals surface area (Å²) in [7, 11) is 0. The lowest BCUT2D eigenvalue weighted by Gasteiger charge is -1.98. The van der Waals surface area contributed by atoms with Crippen LogP contribution in [-0.4, -0.2) is 15.1 Å². The predicted molar refractivity (Wildman–Crippen MR) is 39.6 cm³/mol. The molecule has 0 atom stereocenters. The van der Waals surface area contributed by atoms with Crippen molar-refractivity contribution in [2.24, 2.45) is 0 Å². The Labute approximate surface area is 63.5 Å². The highest BCUT2D eigenvalue weighted by molar-refractivity contribution is 7.80. The van der Waals surface area contributed by atoms with Crippen LogP contribution >= 0.6 is 12.6 Å². The molecule has 0 aliphatic rings. The van der Waals surface area contributed by atoms with Gasteiger partial charge in [-0.1, -0.05) is 0 Å². The molecule has 1 aromatic rings. The first-order valence-corrected chi connectivity index (χ1v) is 3.10. The van der Waals surface area contributed by atoms with Crippen molar-refractivity contribution in [2.45, 2.75) is 11.8 Å². The van der Waals surface area contributed by atoms with Crippen molar-refractivity contribution in [3.05, 3.63) is 11.8 Å². The lowest BCUT2D eigenvalue weighted by atomic mass is 10.3. The van der Waals surface area contributed by atoms with Crippen LogP contribution in [0, 0.1) is 0 Å². The SMILES string of the molecule is Nc1nc(S)ncc1CO. The minimum absolute atomic E-state index is 0.139. The molecule has 1 rings (SSSR count). The van der Waals surface area contributed by atoms with Crippen LogP contribution in [0.15, 0.2) is 11.4 Å². The molecule has 54 valence electrons. The molecule has 0 amide bonds. The summed E-state index contributed by atoms with van der Waals surface area (Å²) in [6.07, 6.45) is 1.45. The van der Waals surface area contributed by atoms with Gasteiger partial charge in [0.05, 0.1) is 6.61 Å². The van der Waals surface area contributed by atoms with E-state index in [1.54, 1.807) is 0 Å². The third-order valence-corrected chi connectivity index (χ3v) is 1.27. The van der Waals surface area contributed by atoms with Crippen molar-refractivity contribution >= 4 is 18.4 Å². The largest absolute Gasteiger partial charge is 0.391 e. The average molecular weight is 157 g/mol. The number of rotatable bonds is 1. The molecule has 0 aliphatic heterocycles. The molecule has 3 N–H and O–H groups in total. The van der Waals surface area contributed by atoms with Crippen molar-refractivity contribution in [3.63, 3.8) is 0 Å². The Kier molecular flexibility index (Phi) is 2.08. The molecule has 0 spiro atoms. The molecule has 5 heteroatoms. The predicted octanol–water partition coefficient (Wildman–Crippen LogP) is -0.160. The van der Waals surface area contributed by atoms with Gasteiger partial charge in [-0.25, -0.2) is 9.97 Å². The summed E-state index contributed by atoms with van der Waals surface area (Å²) in [4.78, 5) is 7.44. The lowest BCUT2D eigenvalue weighted by molar-refractivity contribution is 0.281. The zero-order valence-electron chi connectivity index (χ0n) is 5.15. The van der Waals surface area contributed by atoms with E-state index in [1.807, 2.05) is 0 Å². The number of nitrogens with zero attached hydrogens (tertiary/aromatic N) is 2. The fourth-order valence-electron chi connectivity index (χ4n) is 0.532. The van der Waals surface area contributed by atoms with Crippen LogP contribution in [-0.2, 0) is 6.61 Å². The van der Waals surface area contributed by atoms with E-state index in [-0.39, 0.29) is 12.4 Å². The second-order valence-electron chi connectivity index (χ2n) is 1.74. The molecule has 1 aromatic heterocycles. The quantitative estimate of drug-likeness (QED) is 0.391. The van der Waals surface area contributed by atoms with Crippen molar-refractivity contribution in [3.8, 4) is 0 Å². The number of nitrogen functional groups attached to an aromatic ring is 1. The summed E-state index contributed by atoms with van der Waals surface area (Å²) in [5, 5.41) is 8.94. The first-order chi connectivity index (χ1) is 4.74. The van der Waals surface area contributed by atoms with Gasteiger partial charge >= 0.3 is 0 Å². The van der Waals surface area contributed by atoms with E-state index in [4.69, 9.17) is 10.8 Å². The van der Waals surface area contributed by atoms with Crippen LogP contribution in [0.4, 0.5) is 5.82 Å². The van der Waals surface area contributed by atoms with Gasteiger partial charge < -0.3 is 10.8 Å². The van der Waals surface area contributed by atoms with Gasteiger partial charge in [0.1, 0.15) is 5.82 Å². The van der Waals surface area contributed by atoms with Crippen molar-refractivity contribution in [1.29, 1.82) is 0 Å². The minimum atomic E-state index is -0.139. The number of aliphatic hydroxyl groups excluding tert-OH is 1. The number of aliphatic hydroxyl groups is 1. The molecule has 0 fully saturated rings. The monoisotopic (exact) mass is 157 g/mol. The second-order valence-corrected chi connectivity index (χ2v) is 2.14. The number of nitrogens with two attached hydrogens (primary N) is 1. The van der Waals surface area contributed by atoms with Crippen molar-refractivity contribution < 1.29 is 5.11 Å². The van der Waals surface area contributed by atoms with Gasteiger partial charge in [0.15, 0.2) is 5.16 Å². The van der Waals surface area contributed by atoms with Crippen molar-refractivity contribution in [1.82, 2.24) is 9.97 Å². The van der Waals surface area contributed by atoms with Gasteiger partial charge in [-0.15, -0.1) is 12.6 Å². The molecule has 4 nitrogen and oxygen atoms in total. The molecule has 0 unspecified atom stereocenters. The van der Waals surface area contributed by atoms with Gasteiger partial charge in [0.2, 0.25) is 0 Å². The van der Waals surface area contributed by atoms with E-state index in [1.165, 1.54) is 6.20 Å². The lowest BCUT2D eigenvalue weighted by Crippen LogP contribution is -1.99. The highest BCUT2D eigenvalue weighted by atomic mass is 32.1. The standard InChI is InChI=1S/C5H7N3OS/c6-4-3(2-9)1-7-5(10)8-4/h1,9H,2H2,(H3,6,7,8,10). The van der Waals surface area contributed by atoms with Crippen LogP contribution in [0.2, 0.25) is 0 Å². The maximum atomic E-state index is 8.62. The van der Waals surface area contributed by atoms with Gasteiger partial charge in [-0.05, 0) is 0 Å². The summed E-state index contributed by atoms with van der Waals surface area (Å²) in [6.45, 7) is -0.139. The van der Waals surface area contributed by atoms with E-state index in [0.717, 1.165) is 0 Å². The first kappa shape index (κ1) is 7.30. The van der Waals surface area contributed by atoms with Crippen molar-refractivity contribution in [2.75, 3.05) is 5.73 Å². The van der Waals surface area contributed by atoms with E-state index < -0.39 is 0 Å². The number of hydrogen-bond donors (Lipinski definition) is 3. The van der Waals surface area contributed by atoms with Crippen LogP contribution in [0.5, 0.6) is 0 Å². The van der Waals surface area contributed by atoms with Crippen LogP contribution in [0.3, 0.4) is 0 Å². The Hall–Kier alpha value is -0.810. The summed E-state index contributed by atoms with van der Waals surface area (Å²) in [6, 6.07) is 0. The fraction of sp³-hybridized carbons (Fsp3) is 0.200. The third kappa shape index (κ3) is 1.37. The normalized spacial score (nSPS) is 9.80. The Balaban J connectivity index is 3.07. The summed E-state index contributed by atoms with van der Waals surface area (Å²) >= 11 is 3.86. The van der Waals surface area contributed by atoms with Gasteiger partial charge in [0.25, 0.3) is 0 Å². The van der Waals surface area contributed by atoms with Gasteiger partial charge in [-0.3, -0.25) is 0 Å².